The predicted molar refractivity (Wildman–Crippen MR) is 103 cm³/mol. The Labute approximate surface area is 156 Å². The van der Waals surface area contributed by atoms with E-state index >= 15 is 0 Å². The molecule has 0 radical (unpaired) electrons. The number of rotatable bonds is 4. The minimum Gasteiger partial charge on any atom is -0.384 e. The van der Waals surface area contributed by atoms with Crippen LogP contribution in [-0.4, -0.2) is 43.9 Å². The topological polar surface area (TPSA) is 119 Å². The van der Waals surface area contributed by atoms with E-state index in [2.05, 4.69) is 26.8 Å². The highest BCUT2D eigenvalue weighted by Crippen LogP contribution is 2.23. The Balaban J connectivity index is 2.20. The highest BCUT2D eigenvalue weighted by atomic mass is 16.5. The van der Waals surface area contributed by atoms with Crippen molar-refractivity contribution in [3.05, 3.63) is 40.4 Å². The number of H-pyrrole nitrogens is 1. The Morgan fingerprint density at radius 2 is 2.22 bits per heavy atom. The quantitative estimate of drug-likeness (QED) is 0.595. The number of anilines is 1. The summed E-state index contributed by atoms with van der Waals surface area (Å²) in [7, 11) is 1.49. The third-order valence-electron chi connectivity index (χ3n) is 4.09. The second kappa shape index (κ2) is 7.23. The smallest absolute Gasteiger partial charge is 0.204 e. The van der Waals surface area contributed by atoms with Crippen molar-refractivity contribution in [3.63, 3.8) is 0 Å². The van der Waals surface area contributed by atoms with E-state index in [0.717, 1.165) is 0 Å². The molecule has 140 valence electrons. The van der Waals surface area contributed by atoms with Crippen LogP contribution in [0.2, 0.25) is 0 Å². The van der Waals surface area contributed by atoms with Crippen LogP contribution in [0.25, 0.3) is 22.4 Å². The first-order valence-corrected chi connectivity index (χ1v) is 8.45. The maximum Gasteiger partial charge on any atom is 0.204 e. The van der Waals surface area contributed by atoms with E-state index in [0.29, 0.717) is 34.7 Å². The fraction of sp³-hybridized carbons (Fsp3) is 0.316. The minimum absolute atomic E-state index is 0.0761. The number of aryl methyl sites for hydroxylation is 1. The lowest BCUT2D eigenvalue weighted by Gasteiger charge is -2.15. The molecule has 3 aromatic rings. The van der Waals surface area contributed by atoms with E-state index in [1.54, 1.807) is 36.0 Å². The van der Waals surface area contributed by atoms with Crippen LogP contribution in [0.15, 0.2) is 29.3 Å². The van der Waals surface area contributed by atoms with Gasteiger partial charge in [0.05, 0.1) is 12.0 Å². The molecule has 4 N–H and O–H groups in total. The molecule has 0 amide bonds. The number of imidazole rings is 1. The van der Waals surface area contributed by atoms with E-state index in [9.17, 15) is 9.90 Å². The van der Waals surface area contributed by atoms with Gasteiger partial charge >= 0.3 is 0 Å². The number of methoxy groups -OCH3 is 1. The van der Waals surface area contributed by atoms with Gasteiger partial charge in [0.1, 0.15) is 34.1 Å². The summed E-state index contributed by atoms with van der Waals surface area (Å²) in [6.45, 7) is 4.06. The third kappa shape index (κ3) is 3.56. The molecule has 27 heavy (non-hydrogen) atoms. The van der Waals surface area contributed by atoms with Crippen LogP contribution in [0.3, 0.4) is 0 Å². The number of hydrogen-bond acceptors (Lipinski definition) is 6. The second-order valence-electron chi connectivity index (χ2n) is 6.30. The molecular formula is C19H21N5O3. The third-order valence-corrected chi connectivity index (χ3v) is 4.09. The predicted octanol–water partition coefficient (Wildman–Crippen LogP) is 1.14. The molecule has 0 spiro atoms. The molecule has 0 fully saturated rings. The Morgan fingerprint density at radius 3 is 2.85 bits per heavy atom. The molecule has 3 aromatic heterocycles. The van der Waals surface area contributed by atoms with Crippen molar-refractivity contribution in [1.82, 2.24) is 19.5 Å². The molecule has 0 aromatic carbocycles. The van der Waals surface area contributed by atoms with Gasteiger partial charge in [-0.2, -0.15) is 0 Å². The van der Waals surface area contributed by atoms with Crippen molar-refractivity contribution in [1.29, 1.82) is 0 Å². The summed E-state index contributed by atoms with van der Waals surface area (Å²) in [4.78, 5) is 24.5. The molecule has 0 aliphatic heterocycles. The number of ether oxygens (including phenoxy) is 1. The number of fused-ring (bicyclic) bond motifs is 1. The van der Waals surface area contributed by atoms with Gasteiger partial charge in [-0.1, -0.05) is 5.92 Å². The minimum atomic E-state index is -1.29. The number of aliphatic hydroxyl groups is 1. The number of hydrogen-bond donors (Lipinski definition) is 3. The average Bonchev–Trinajstić information content (AvgIpc) is 3.14. The molecule has 8 nitrogen and oxygen atoms in total. The first-order chi connectivity index (χ1) is 12.9. The van der Waals surface area contributed by atoms with Crippen molar-refractivity contribution in [2.24, 2.45) is 0 Å². The lowest BCUT2D eigenvalue weighted by Crippen LogP contribution is -2.27. The van der Waals surface area contributed by atoms with Gasteiger partial charge in [-0.25, -0.2) is 9.97 Å². The lowest BCUT2D eigenvalue weighted by atomic mass is 10.1. The van der Waals surface area contributed by atoms with Gasteiger partial charge in [-0.3, -0.25) is 4.79 Å². The molecule has 3 rings (SSSR count). The highest BCUT2D eigenvalue weighted by Gasteiger charge is 2.19. The Kier molecular flexibility index (Phi) is 4.99. The number of nitrogens with one attached hydrogen (secondary N) is 1. The maximum absolute atomic E-state index is 12.9. The fourth-order valence-corrected chi connectivity index (χ4v) is 2.87. The largest absolute Gasteiger partial charge is 0.384 e. The van der Waals surface area contributed by atoms with E-state index in [1.807, 2.05) is 6.92 Å². The zero-order valence-corrected chi connectivity index (χ0v) is 15.4. The first kappa shape index (κ1) is 18.6. The maximum atomic E-state index is 12.9. The van der Waals surface area contributed by atoms with Gasteiger partial charge in [0.15, 0.2) is 0 Å². The van der Waals surface area contributed by atoms with E-state index < -0.39 is 5.60 Å². The fourth-order valence-electron chi connectivity index (χ4n) is 2.87. The summed E-state index contributed by atoms with van der Waals surface area (Å²) in [5, 5.41) is 10.5. The van der Waals surface area contributed by atoms with Gasteiger partial charge in [0, 0.05) is 26.0 Å². The van der Waals surface area contributed by atoms with Crippen LogP contribution < -0.4 is 11.2 Å². The monoisotopic (exact) mass is 367 g/mol. The van der Waals surface area contributed by atoms with Crippen LogP contribution in [0.1, 0.15) is 19.5 Å². The molecule has 0 aliphatic rings. The van der Waals surface area contributed by atoms with Crippen LogP contribution in [-0.2, 0) is 11.3 Å². The molecule has 3 heterocycles. The van der Waals surface area contributed by atoms with Crippen LogP contribution >= 0.6 is 0 Å². The zero-order chi connectivity index (χ0) is 19.6. The number of pyridine rings is 2. The number of aromatic amines is 1. The van der Waals surface area contributed by atoms with Gasteiger partial charge in [0.25, 0.3) is 0 Å². The van der Waals surface area contributed by atoms with Gasteiger partial charge < -0.3 is 25.1 Å². The molecule has 0 aliphatic carbocycles. The summed E-state index contributed by atoms with van der Waals surface area (Å²) in [6, 6.07) is 3.31. The Hall–Kier alpha value is -3.15. The van der Waals surface area contributed by atoms with Crippen LogP contribution in [0, 0.1) is 11.8 Å². The normalized spacial score (nSPS) is 13.2. The zero-order valence-electron chi connectivity index (χ0n) is 15.4. The highest BCUT2D eigenvalue weighted by molar-refractivity contribution is 5.86. The second-order valence-corrected chi connectivity index (χ2v) is 6.30. The summed E-state index contributed by atoms with van der Waals surface area (Å²) in [5.41, 5.74) is 5.89. The van der Waals surface area contributed by atoms with E-state index in [4.69, 9.17) is 10.5 Å². The van der Waals surface area contributed by atoms with Crippen molar-refractivity contribution in [3.8, 4) is 23.2 Å². The molecule has 0 saturated heterocycles. The first-order valence-electron chi connectivity index (χ1n) is 8.45. The molecule has 0 bridgehead atoms. The van der Waals surface area contributed by atoms with Crippen molar-refractivity contribution >= 4 is 16.9 Å². The summed E-state index contributed by atoms with van der Waals surface area (Å²) in [6.07, 6.45) is 3.20. The Morgan fingerprint density at radius 1 is 1.44 bits per heavy atom. The number of nitrogen functional groups attached to an aromatic ring is 1. The van der Waals surface area contributed by atoms with Crippen LogP contribution in [0.4, 0.5) is 5.82 Å². The van der Waals surface area contributed by atoms with Crippen molar-refractivity contribution < 1.29 is 9.84 Å². The summed E-state index contributed by atoms with van der Waals surface area (Å²) in [5.74, 6) is 6.26. The SMILES string of the molecule is CCn1c(N)c(-c2ncc[nH]2)c(=O)c2ccc(C#C[C@](C)(O)COC)nc21. The standard InChI is InChI=1S/C19H21N5O3/c1-4-24-16(20)14(17-21-9-10-22-17)15(25)13-6-5-12(23-18(13)24)7-8-19(2,26)11-27-3/h5-6,9-10,26H,4,11,20H2,1-3H3,(H,21,22)/t19-/m0/s1. The molecule has 8 heteroatoms. The number of nitrogens with two attached hydrogens (primary N) is 1. The number of nitrogens with zero attached hydrogens (tertiary/aromatic N) is 3. The lowest BCUT2D eigenvalue weighted by molar-refractivity contribution is 0.0274. The molecular weight excluding hydrogens is 346 g/mol. The van der Waals surface area contributed by atoms with Gasteiger partial charge in [-0.15, -0.1) is 0 Å². The van der Waals surface area contributed by atoms with E-state index in [1.165, 1.54) is 7.11 Å². The van der Waals surface area contributed by atoms with E-state index in [-0.39, 0.29) is 17.9 Å². The summed E-state index contributed by atoms with van der Waals surface area (Å²) >= 11 is 0. The average molecular weight is 367 g/mol. The number of aromatic nitrogens is 4. The Bertz CT molecular complexity index is 1090. The van der Waals surface area contributed by atoms with Crippen LogP contribution in [0.5, 0.6) is 0 Å². The molecule has 0 unspecified atom stereocenters. The van der Waals surface area contributed by atoms with Crippen molar-refractivity contribution in [2.75, 3.05) is 19.5 Å². The van der Waals surface area contributed by atoms with Crippen molar-refractivity contribution in [2.45, 2.75) is 26.0 Å². The molecule has 1 atom stereocenters. The molecule has 0 saturated carbocycles. The summed E-state index contributed by atoms with van der Waals surface area (Å²) < 4.78 is 6.68. The van der Waals surface area contributed by atoms with Gasteiger partial charge in [-0.05, 0) is 31.9 Å². The van der Waals surface area contributed by atoms with Gasteiger partial charge in [0.2, 0.25) is 5.43 Å².